The predicted octanol–water partition coefficient (Wildman–Crippen LogP) is 1.55. The molecule has 0 radical (unpaired) electrons. The van der Waals surface area contributed by atoms with Crippen LogP contribution in [-0.2, 0) is 14.4 Å². The maximum Gasteiger partial charge on any atom is 0.329 e. The van der Waals surface area contributed by atoms with E-state index in [9.17, 15) is 9.59 Å². The van der Waals surface area contributed by atoms with Gasteiger partial charge in [0.1, 0.15) is 0 Å². The second-order valence-electron chi connectivity index (χ2n) is 4.15. The Bertz CT molecular complexity index is 232. The van der Waals surface area contributed by atoms with Gasteiger partial charge in [0.15, 0.2) is 0 Å². The standard InChI is InChI=1S/C10H17NO3/c1-8(12)14-11-9(13)10(2)6-4-3-5-7-10/h3-7H2,1-2H3,(H,11,13). The number of nitrogens with one attached hydrogen (secondary N) is 1. The minimum Gasteiger partial charge on any atom is -0.341 e. The zero-order valence-corrected chi connectivity index (χ0v) is 8.76. The summed E-state index contributed by atoms with van der Waals surface area (Å²) in [5.41, 5.74) is 1.85. The Kier molecular flexibility index (Phi) is 3.49. The number of rotatable bonds is 1. The van der Waals surface area contributed by atoms with Gasteiger partial charge < -0.3 is 4.84 Å². The van der Waals surface area contributed by atoms with Crippen LogP contribution in [-0.4, -0.2) is 11.9 Å². The van der Waals surface area contributed by atoms with Gasteiger partial charge in [-0.2, -0.15) is 5.48 Å². The van der Waals surface area contributed by atoms with Gasteiger partial charge >= 0.3 is 5.97 Å². The quantitative estimate of drug-likeness (QED) is 0.652. The fourth-order valence-corrected chi connectivity index (χ4v) is 1.80. The van der Waals surface area contributed by atoms with E-state index >= 15 is 0 Å². The summed E-state index contributed by atoms with van der Waals surface area (Å²) in [6.45, 7) is 3.19. The largest absolute Gasteiger partial charge is 0.341 e. The first-order valence-corrected chi connectivity index (χ1v) is 5.02. The van der Waals surface area contributed by atoms with Gasteiger partial charge in [-0.05, 0) is 12.8 Å². The third-order valence-corrected chi connectivity index (χ3v) is 2.79. The van der Waals surface area contributed by atoms with Gasteiger partial charge in [0.25, 0.3) is 5.91 Å². The van der Waals surface area contributed by atoms with Crippen molar-refractivity contribution < 1.29 is 14.4 Å². The van der Waals surface area contributed by atoms with E-state index in [0.29, 0.717) is 0 Å². The van der Waals surface area contributed by atoms with Crippen LogP contribution in [0.2, 0.25) is 0 Å². The molecule has 1 N–H and O–H groups in total. The fourth-order valence-electron chi connectivity index (χ4n) is 1.80. The molecule has 0 aromatic heterocycles. The van der Waals surface area contributed by atoms with Crippen molar-refractivity contribution in [3.63, 3.8) is 0 Å². The molecular formula is C10H17NO3. The SMILES string of the molecule is CC(=O)ONC(=O)C1(C)CCCCC1. The summed E-state index contributed by atoms with van der Waals surface area (Å²) in [5.74, 6) is -0.662. The molecule has 0 bridgehead atoms. The molecule has 1 amide bonds. The summed E-state index contributed by atoms with van der Waals surface area (Å²) >= 11 is 0. The molecule has 1 aliphatic carbocycles. The van der Waals surface area contributed by atoms with E-state index < -0.39 is 5.97 Å². The number of hydrogen-bond donors (Lipinski definition) is 1. The summed E-state index contributed by atoms with van der Waals surface area (Å²) in [7, 11) is 0. The van der Waals surface area contributed by atoms with Gasteiger partial charge in [0.2, 0.25) is 0 Å². The van der Waals surface area contributed by atoms with E-state index in [2.05, 4.69) is 10.3 Å². The van der Waals surface area contributed by atoms with Crippen molar-refractivity contribution in [1.82, 2.24) is 5.48 Å². The Balaban J connectivity index is 2.45. The fraction of sp³-hybridized carbons (Fsp3) is 0.800. The molecule has 1 saturated carbocycles. The number of carbonyl (C=O) groups is 2. The number of hydroxylamine groups is 1. The van der Waals surface area contributed by atoms with Crippen LogP contribution in [0.15, 0.2) is 0 Å². The van der Waals surface area contributed by atoms with Gasteiger partial charge in [0.05, 0.1) is 0 Å². The van der Waals surface area contributed by atoms with Crippen LogP contribution in [0.1, 0.15) is 46.0 Å². The summed E-state index contributed by atoms with van der Waals surface area (Å²) in [6.07, 6.45) is 5.09. The lowest BCUT2D eigenvalue weighted by Crippen LogP contribution is -2.40. The Labute approximate surface area is 84.0 Å². The van der Waals surface area contributed by atoms with Crippen LogP contribution < -0.4 is 5.48 Å². The van der Waals surface area contributed by atoms with E-state index in [4.69, 9.17) is 0 Å². The molecule has 0 atom stereocenters. The van der Waals surface area contributed by atoms with Gasteiger partial charge in [-0.15, -0.1) is 0 Å². The van der Waals surface area contributed by atoms with Gasteiger partial charge in [-0.1, -0.05) is 26.2 Å². The van der Waals surface area contributed by atoms with Crippen molar-refractivity contribution in [2.24, 2.45) is 5.41 Å². The highest BCUT2D eigenvalue weighted by atomic mass is 16.7. The average molecular weight is 199 g/mol. The van der Waals surface area contributed by atoms with Crippen molar-refractivity contribution in [2.75, 3.05) is 0 Å². The average Bonchev–Trinajstić information content (AvgIpc) is 2.15. The first kappa shape index (κ1) is 11.0. The molecule has 0 aromatic rings. The van der Waals surface area contributed by atoms with Gasteiger partial charge in [-0.25, -0.2) is 0 Å². The highest BCUT2D eigenvalue weighted by Gasteiger charge is 2.35. The van der Waals surface area contributed by atoms with E-state index in [-0.39, 0.29) is 11.3 Å². The molecule has 0 spiro atoms. The Hall–Kier alpha value is -1.06. The zero-order chi connectivity index (χ0) is 10.6. The van der Waals surface area contributed by atoms with Crippen LogP contribution in [0.4, 0.5) is 0 Å². The Morgan fingerprint density at radius 1 is 1.21 bits per heavy atom. The molecule has 80 valence electrons. The molecular weight excluding hydrogens is 182 g/mol. The number of amides is 1. The molecule has 4 nitrogen and oxygen atoms in total. The lowest BCUT2D eigenvalue weighted by Gasteiger charge is -2.31. The van der Waals surface area contributed by atoms with Crippen LogP contribution in [0.25, 0.3) is 0 Å². The van der Waals surface area contributed by atoms with Crippen LogP contribution in [0, 0.1) is 5.41 Å². The van der Waals surface area contributed by atoms with Crippen LogP contribution in [0.3, 0.4) is 0 Å². The summed E-state index contributed by atoms with van der Waals surface area (Å²) < 4.78 is 0. The molecule has 0 heterocycles. The van der Waals surface area contributed by atoms with Gasteiger partial charge in [0, 0.05) is 12.3 Å². The number of carbonyl (C=O) groups excluding carboxylic acids is 2. The number of hydrogen-bond acceptors (Lipinski definition) is 3. The van der Waals surface area contributed by atoms with Crippen molar-refractivity contribution in [3.05, 3.63) is 0 Å². The topological polar surface area (TPSA) is 55.4 Å². The lowest BCUT2D eigenvalue weighted by molar-refractivity contribution is -0.161. The van der Waals surface area contributed by atoms with E-state index in [0.717, 1.165) is 25.7 Å². The first-order valence-electron chi connectivity index (χ1n) is 5.02. The highest BCUT2D eigenvalue weighted by Crippen LogP contribution is 2.35. The Morgan fingerprint density at radius 3 is 2.29 bits per heavy atom. The summed E-state index contributed by atoms with van der Waals surface area (Å²) in [4.78, 5) is 26.6. The van der Waals surface area contributed by atoms with Crippen molar-refractivity contribution >= 4 is 11.9 Å². The molecule has 0 aromatic carbocycles. The van der Waals surface area contributed by atoms with Crippen molar-refractivity contribution in [3.8, 4) is 0 Å². The van der Waals surface area contributed by atoms with E-state index in [1.807, 2.05) is 6.92 Å². The van der Waals surface area contributed by atoms with E-state index in [1.165, 1.54) is 13.3 Å². The normalized spacial score (nSPS) is 19.9. The molecule has 0 unspecified atom stereocenters. The van der Waals surface area contributed by atoms with Crippen LogP contribution >= 0.6 is 0 Å². The maximum absolute atomic E-state index is 11.6. The highest BCUT2D eigenvalue weighted by molar-refractivity contribution is 5.82. The van der Waals surface area contributed by atoms with Crippen LogP contribution in [0.5, 0.6) is 0 Å². The maximum atomic E-state index is 11.6. The minimum absolute atomic E-state index is 0.174. The van der Waals surface area contributed by atoms with Crippen molar-refractivity contribution in [1.29, 1.82) is 0 Å². The molecule has 0 saturated heterocycles. The molecule has 1 aliphatic rings. The van der Waals surface area contributed by atoms with Gasteiger partial charge in [-0.3, -0.25) is 9.59 Å². The predicted molar refractivity (Wildman–Crippen MR) is 51.1 cm³/mol. The lowest BCUT2D eigenvalue weighted by atomic mass is 9.75. The molecule has 14 heavy (non-hydrogen) atoms. The molecule has 0 aliphatic heterocycles. The monoisotopic (exact) mass is 199 g/mol. The first-order chi connectivity index (χ1) is 6.54. The van der Waals surface area contributed by atoms with Crippen molar-refractivity contribution in [2.45, 2.75) is 46.0 Å². The summed E-state index contributed by atoms with van der Waals surface area (Å²) in [6, 6.07) is 0. The smallest absolute Gasteiger partial charge is 0.329 e. The zero-order valence-electron chi connectivity index (χ0n) is 8.76. The minimum atomic E-state index is -0.488. The summed E-state index contributed by atoms with van der Waals surface area (Å²) in [5, 5.41) is 0. The third kappa shape index (κ3) is 2.72. The second-order valence-corrected chi connectivity index (χ2v) is 4.15. The molecule has 4 heteroatoms. The van der Waals surface area contributed by atoms with E-state index in [1.54, 1.807) is 0 Å². The third-order valence-electron chi connectivity index (χ3n) is 2.79. The molecule has 1 fully saturated rings. The second kappa shape index (κ2) is 4.44. The Morgan fingerprint density at radius 2 is 1.79 bits per heavy atom. The molecule has 1 rings (SSSR count).